The zero-order valence-corrected chi connectivity index (χ0v) is 21.8. The lowest BCUT2D eigenvalue weighted by atomic mass is 10.0. The second kappa shape index (κ2) is 8.90. The van der Waals surface area contributed by atoms with Crippen molar-refractivity contribution >= 4 is 45.9 Å². The number of aromatic nitrogens is 4. The van der Waals surface area contributed by atoms with E-state index >= 15 is 0 Å². The van der Waals surface area contributed by atoms with Gasteiger partial charge in [-0.05, 0) is 58.2 Å². The summed E-state index contributed by atoms with van der Waals surface area (Å²) in [7, 11) is -0.842. The predicted octanol–water partition coefficient (Wildman–Crippen LogP) is 6.65. The molecule has 7 aromatic rings. The molecule has 0 unspecified atom stereocenters. The topological polar surface area (TPSA) is 51.6 Å². The Morgan fingerprint density at radius 1 is 0.487 bits per heavy atom. The van der Waals surface area contributed by atoms with Crippen molar-refractivity contribution in [1.82, 2.24) is 19.9 Å². The van der Waals surface area contributed by atoms with Crippen molar-refractivity contribution in [3.63, 3.8) is 0 Å². The van der Waals surface area contributed by atoms with Gasteiger partial charge in [0, 0.05) is 36.8 Å². The maximum absolute atomic E-state index is 5.13. The molecule has 0 fully saturated rings. The molecule has 0 saturated carbocycles. The lowest BCUT2D eigenvalue weighted by Gasteiger charge is -2.17. The molecule has 3 heterocycles. The van der Waals surface area contributed by atoms with E-state index in [1.165, 1.54) is 27.2 Å². The van der Waals surface area contributed by atoms with Gasteiger partial charge in [0.15, 0.2) is 0 Å². The Bertz CT molecular complexity index is 1960. The third kappa shape index (κ3) is 3.64. The summed E-state index contributed by atoms with van der Waals surface area (Å²) in [6.45, 7) is 0. The summed E-state index contributed by atoms with van der Waals surface area (Å²) in [5.74, 6) is 0. The fourth-order valence-corrected chi connectivity index (χ4v) is 7.55. The monoisotopic (exact) mass is 516 g/mol. The molecule has 0 aliphatic heterocycles. The average Bonchev–Trinajstić information content (AvgIpc) is 3.31. The summed E-state index contributed by atoms with van der Waals surface area (Å²) >= 11 is 0. The molecule has 4 aromatic carbocycles. The summed E-state index contributed by atoms with van der Waals surface area (Å²) in [6, 6.07) is 40.2. The molecule has 1 aliphatic carbocycles. The SMILES string of the molecule is c1ccc(P(c2ccc(-c3ccc4nc5c(nc4c3)-c3cccc4cccc-5c34)cc2)c2ccccn2)nc1. The highest BCUT2D eigenvalue weighted by Gasteiger charge is 2.24. The van der Waals surface area contributed by atoms with E-state index in [0.717, 1.165) is 44.4 Å². The highest BCUT2D eigenvalue weighted by Crippen LogP contribution is 2.45. The zero-order valence-electron chi connectivity index (χ0n) is 20.9. The van der Waals surface area contributed by atoms with Crippen LogP contribution < -0.4 is 16.2 Å². The lowest BCUT2D eigenvalue weighted by Crippen LogP contribution is -2.24. The van der Waals surface area contributed by atoms with Crippen LogP contribution in [0.4, 0.5) is 0 Å². The van der Waals surface area contributed by atoms with Crippen LogP contribution in [-0.4, -0.2) is 19.9 Å². The minimum Gasteiger partial charge on any atom is -0.256 e. The van der Waals surface area contributed by atoms with Gasteiger partial charge in [0.1, 0.15) is 0 Å². The fourth-order valence-electron chi connectivity index (χ4n) is 5.50. The Morgan fingerprint density at radius 2 is 1.10 bits per heavy atom. The molecule has 0 radical (unpaired) electrons. The average molecular weight is 517 g/mol. The summed E-state index contributed by atoms with van der Waals surface area (Å²) < 4.78 is 0. The molecule has 0 N–H and O–H groups in total. The Labute approximate surface area is 226 Å². The van der Waals surface area contributed by atoms with Gasteiger partial charge in [-0.15, -0.1) is 0 Å². The van der Waals surface area contributed by atoms with Crippen molar-refractivity contribution in [2.75, 3.05) is 0 Å². The van der Waals surface area contributed by atoms with E-state index in [4.69, 9.17) is 9.97 Å². The summed E-state index contributed by atoms with van der Waals surface area (Å²) in [5.41, 5.74) is 10.5. The van der Waals surface area contributed by atoms with Gasteiger partial charge < -0.3 is 0 Å². The van der Waals surface area contributed by atoms with Crippen molar-refractivity contribution in [2.24, 2.45) is 0 Å². The number of benzene rings is 4. The smallest absolute Gasteiger partial charge is 0.0979 e. The van der Waals surface area contributed by atoms with Crippen LogP contribution in [0, 0.1) is 0 Å². The molecule has 0 amide bonds. The highest BCUT2D eigenvalue weighted by molar-refractivity contribution is 7.79. The quantitative estimate of drug-likeness (QED) is 0.246. The van der Waals surface area contributed by atoms with E-state index in [-0.39, 0.29) is 0 Å². The zero-order chi connectivity index (χ0) is 25.8. The number of fused-ring (bicyclic) bond motifs is 4. The molecule has 39 heavy (non-hydrogen) atoms. The van der Waals surface area contributed by atoms with Gasteiger partial charge in [-0.1, -0.05) is 78.9 Å². The van der Waals surface area contributed by atoms with Crippen LogP contribution in [0.1, 0.15) is 0 Å². The van der Waals surface area contributed by atoms with Crippen LogP contribution >= 0.6 is 7.92 Å². The normalized spacial score (nSPS) is 11.8. The minimum absolute atomic E-state index is 0.842. The molecule has 182 valence electrons. The second-order valence-electron chi connectivity index (χ2n) is 9.59. The van der Waals surface area contributed by atoms with Crippen molar-refractivity contribution in [3.8, 4) is 33.6 Å². The summed E-state index contributed by atoms with van der Waals surface area (Å²) in [5, 5.41) is 3.69. The van der Waals surface area contributed by atoms with Gasteiger partial charge in [0.25, 0.3) is 0 Å². The Morgan fingerprint density at radius 3 is 1.72 bits per heavy atom. The van der Waals surface area contributed by atoms with E-state index in [0.29, 0.717) is 0 Å². The highest BCUT2D eigenvalue weighted by atomic mass is 31.1. The number of hydrogen-bond acceptors (Lipinski definition) is 4. The number of hydrogen-bond donors (Lipinski definition) is 0. The molecular formula is C34H21N4P. The van der Waals surface area contributed by atoms with E-state index in [2.05, 4.69) is 101 Å². The Balaban J connectivity index is 1.19. The lowest BCUT2D eigenvalue weighted by molar-refractivity contribution is 1.32. The van der Waals surface area contributed by atoms with Gasteiger partial charge in [-0.25, -0.2) is 9.97 Å². The van der Waals surface area contributed by atoms with Crippen LogP contribution in [0.15, 0.2) is 128 Å². The third-order valence-corrected chi connectivity index (χ3v) is 9.55. The number of pyridine rings is 2. The van der Waals surface area contributed by atoms with Crippen LogP contribution in [0.3, 0.4) is 0 Å². The molecule has 0 atom stereocenters. The third-order valence-electron chi connectivity index (χ3n) is 7.29. The molecule has 0 bridgehead atoms. The largest absolute Gasteiger partial charge is 0.256 e. The van der Waals surface area contributed by atoms with Crippen molar-refractivity contribution < 1.29 is 0 Å². The van der Waals surface area contributed by atoms with Gasteiger partial charge in [-0.2, -0.15) is 0 Å². The maximum atomic E-state index is 5.13. The van der Waals surface area contributed by atoms with Crippen LogP contribution in [-0.2, 0) is 0 Å². The van der Waals surface area contributed by atoms with Crippen molar-refractivity contribution in [3.05, 3.63) is 128 Å². The first kappa shape index (κ1) is 22.2. The predicted molar refractivity (Wildman–Crippen MR) is 161 cm³/mol. The van der Waals surface area contributed by atoms with Gasteiger partial charge in [-0.3, -0.25) is 9.97 Å². The van der Waals surface area contributed by atoms with Crippen molar-refractivity contribution in [1.29, 1.82) is 0 Å². The molecule has 3 aromatic heterocycles. The Hall–Kier alpha value is -4.79. The van der Waals surface area contributed by atoms with Crippen LogP contribution in [0.2, 0.25) is 0 Å². The molecule has 0 spiro atoms. The summed E-state index contributed by atoms with van der Waals surface area (Å²) in [4.78, 5) is 19.5. The Kier molecular flexibility index (Phi) is 5.07. The first-order chi connectivity index (χ1) is 19.3. The fraction of sp³-hybridized carbons (Fsp3) is 0. The first-order valence-corrected chi connectivity index (χ1v) is 14.2. The van der Waals surface area contributed by atoms with Crippen LogP contribution in [0.25, 0.3) is 55.4 Å². The molecule has 1 aliphatic rings. The van der Waals surface area contributed by atoms with Crippen molar-refractivity contribution in [2.45, 2.75) is 0 Å². The number of nitrogens with zero attached hydrogens (tertiary/aromatic N) is 4. The van der Waals surface area contributed by atoms with Crippen LogP contribution in [0.5, 0.6) is 0 Å². The molecule has 0 saturated heterocycles. The first-order valence-electron chi connectivity index (χ1n) is 12.9. The summed E-state index contributed by atoms with van der Waals surface area (Å²) in [6.07, 6.45) is 3.71. The molecule has 4 nitrogen and oxygen atoms in total. The number of rotatable bonds is 4. The van der Waals surface area contributed by atoms with Gasteiger partial charge in [0.2, 0.25) is 0 Å². The van der Waals surface area contributed by atoms with Gasteiger partial charge in [0.05, 0.1) is 33.3 Å². The standard InChI is InChI=1S/C34H21N4P/c1-3-19-35-30(11-1)39(31-12-2-4-20-36-31)25-16-13-22(14-17-25)24-15-18-28-29(21-24)38-34-27-10-6-8-23-7-5-9-26(32(23)27)33(34)37-28/h1-21H. The van der Waals surface area contributed by atoms with Gasteiger partial charge >= 0.3 is 0 Å². The van der Waals surface area contributed by atoms with E-state index in [1.54, 1.807) is 0 Å². The van der Waals surface area contributed by atoms with E-state index in [9.17, 15) is 0 Å². The minimum atomic E-state index is -0.842. The molecule has 8 rings (SSSR count). The molecular weight excluding hydrogens is 495 g/mol. The van der Waals surface area contributed by atoms with E-state index in [1.807, 2.05) is 36.7 Å². The maximum Gasteiger partial charge on any atom is 0.0979 e. The molecule has 5 heteroatoms. The van der Waals surface area contributed by atoms with E-state index < -0.39 is 7.92 Å². The second-order valence-corrected chi connectivity index (χ2v) is 11.7.